The second kappa shape index (κ2) is 3.74. The van der Waals surface area contributed by atoms with E-state index < -0.39 is 11.9 Å². The Hall–Kier alpha value is -0.810. The molecule has 1 spiro atoms. The summed E-state index contributed by atoms with van der Waals surface area (Å²) < 4.78 is 15.6. The summed E-state index contributed by atoms with van der Waals surface area (Å²) in [7, 11) is 0. The number of hydrogen-bond donors (Lipinski definition) is 1. The van der Waals surface area contributed by atoms with Crippen molar-refractivity contribution in [2.24, 2.45) is 0 Å². The van der Waals surface area contributed by atoms with Crippen molar-refractivity contribution in [3.63, 3.8) is 0 Å². The summed E-state index contributed by atoms with van der Waals surface area (Å²) >= 11 is 0. The summed E-state index contributed by atoms with van der Waals surface area (Å²) in [5.74, 6) is -0.424. The van der Waals surface area contributed by atoms with Crippen molar-refractivity contribution in [2.75, 3.05) is 13.2 Å². The van der Waals surface area contributed by atoms with Gasteiger partial charge in [0.25, 0.3) is 0 Å². The monoisotopic (exact) mass is 202 g/mol. The summed E-state index contributed by atoms with van der Waals surface area (Å²) in [6.45, 7) is 0.504. The maximum atomic E-state index is 10.2. The van der Waals surface area contributed by atoms with E-state index in [1.54, 1.807) is 0 Å². The molecule has 2 fully saturated rings. The van der Waals surface area contributed by atoms with Gasteiger partial charge in [-0.1, -0.05) is 0 Å². The van der Waals surface area contributed by atoms with Crippen LogP contribution in [0.15, 0.2) is 0 Å². The van der Waals surface area contributed by atoms with Gasteiger partial charge in [-0.05, 0) is 12.8 Å². The third kappa shape index (κ3) is 1.99. The van der Waals surface area contributed by atoms with E-state index in [1.807, 2.05) is 0 Å². The molecule has 2 rings (SSSR count). The van der Waals surface area contributed by atoms with Crippen LogP contribution in [0.1, 0.15) is 25.7 Å². The average molecular weight is 202 g/mol. The van der Waals surface area contributed by atoms with E-state index in [4.69, 9.17) is 14.6 Å². The van der Waals surface area contributed by atoms with E-state index in [9.17, 15) is 4.79 Å². The summed E-state index contributed by atoms with van der Waals surface area (Å²) in [6.07, 6.45) is 2.57. The zero-order valence-corrected chi connectivity index (χ0v) is 7.90. The Kier molecular flexibility index (Phi) is 2.60. The minimum atomic E-state index is -1.26. The van der Waals surface area contributed by atoms with Gasteiger partial charge in [-0.15, -0.1) is 0 Å². The molecule has 5 nitrogen and oxygen atoms in total. The highest BCUT2D eigenvalue weighted by Gasteiger charge is 2.43. The smallest absolute Gasteiger partial charge is 0.450 e. The van der Waals surface area contributed by atoms with Crippen molar-refractivity contribution >= 4 is 6.16 Å². The molecule has 1 heterocycles. The zero-order valence-electron chi connectivity index (χ0n) is 7.90. The maximum Gasteiger partial charge on any atom is 0.505 e. The molecular weight excluding hydrogens is 188 g/mol. The molecule has 2 aliphatic rings. The molecule has 14 heavy (non-hydrogen) atoms. The lowest BCUT2D eigenvalue weighted by molar-refractivity contribution is -0.165. The number of hydrogen-bond acceptors (Lipinski definition) is 4. The van der Waals surface area contributed by atoms with E-state index in [-0.39, 0.29) is 12.7 Å². The highest BCUT2D eigenvalue weighted by Crippen LogP contribution is 2.39. The molecule has 0 amide bonds. The number of carboxylic acid groups (broad SMARTS) is 1. The van der Waals surface area contributed by atoms with E-state index >= 15 is 0 Å². The van der Waals surface area contributed by atoms with Gasteiger partial charge in [0, 0.05) is 12.8 Å². The first-order valence-electron chi connectivity index (χ1n) is 4.88. The summed E-state index contributed by atoms with van der Waals surface area (Å²) in [5, 5.41) is 8.31. The largest absolute Gasteiger partial charge is 0.505 e. The van der Waals surface area contributed by atoms with Gasteiger partial charge >= 0.3 is 6.16 Å². The Labute approximate surface area is 81.9 Å². The molecule has 1 N–H and O–H groups in total. The molecule has 80 valence electrons. The normalized spacial score (nSPS) is 29.6. The van der Waals surface area contributed by atoms with Crippen molar-refractivity contribution in [1.82, 2.24) is 0 Å². The van der Waals surface area contributed by atoms with Gasteiger partial charge in [0.05, 0.1) is 6.61 Å². The van der Waals surface area contributed by atoms with E-state index in [2.05, 4.69) is 4.74 Å². The minimum absolute atomic E-state index is 0.0666. The zero-order chi connectivity index (χ0) is 10.0. The van der Waals surface area contributed by atoms with Gasteiger partial charge in [0.15, 0.2) is 5.79 Å². The lowest BCUT2D eigenvalue weighted by Gasteiger charge is -2.21. The van der Waals surface area contributed by atoms with Gasteiger partial charge in [-0.3, -0.25) is 0 Å². The van der Waals surface area contributed by atoms with E-state index in [0.29, 0.717) is 6.61 Å². The predicted molar refractivity (Wildman–Crippen MR) is 46.0 cm³/mol. The van der Waals surface area contributed by atoms with Gasteiger partial charge in [-0.2, -0.15) is 0 Å². The van der Waals surface area contributed by atoms with Crippen LogP contribution in [-0.2, 0) is 14.2 Å². The third-order valence-electron chi connectivity index (χ3n) is 2.67. The number of carbonyl (C=O) groups is 1. The standard InChI is InChI=1S/C9H14O5/c10-8(11)12-5-7-6-13-9(14-7)3-1-2-4-9/h7H,1-6H2,(H,10,11). The molecule has 0 radical (unpaired) electrons. The average Bonchev–Trinajstić information content (AvgIpc) is 2.74. The fourth-order valence-electron chi connectivity index (χ4n) is 2.04. The predicted octanol–water partition coefficient (Wildman–Crippen LogP) is 1.37. The molecule has 0 aromatic rings. The van der Waals surface area contributed by atoms with Crippen LogP contribution in [0.25, 0.3) is 0 Å². The van der Waals surface area contributed by atoms with Crippen LogP contribution in [0.4, 0.5) is 4.79 Å². The van der Waals surface area contributed by atoms with Crippen molar-refractivity contribution in [1.29, 1.82) is 0 Å². The topological polar surface area (TPSA) is 65.0 Å². The molecule has 1 saturated carbocycles. The SMILES string of the molecule is O=C(O)OCC1COC2(CCCC2)O1. The van der Waals surface area contributed by atoms with Gasteiger partial charge in [0.1, 0.15) is 12.7 Å². The van der Waals surface area contributed by atoms with Crippen LogP contribution < -0.4 is 0 Å². The van der Waals surface area contributed by atoms with Crippen LogP contribution >= 0.6 is 0 Å². The molecule has 1 unspecified atom stereocenters. The first-order chi connectivity index (χ1) is 6.70. The highest BCUT2D eigenvalue weighted by atomic mass is 16.8. The maximum absolute atomic E-state index is 10.2. The van der Waals surface area contributed by atoms with Crippen LogP contribution in [0.5, 0.6) is 0 Å². The van der Waals surface area contributed by atoms with Gasteiger partial charge in [-0.25, -0.2) is 4.79 Å². The fourth-order valence-corrected chi connectivity index (χ4v) is 2.04. The Morgan fingerprint density at radius 3 is 2.86 bits per heavy atom. The third-order valence-corrected chi connectivity index (χ3v) is 2.67. The molecule has 1 saturated heterocycles. The Morgan fingerprint density at radius 1 is 1.50 bits per heavy atom. The molecule has 0 aromatic carbocycles. The highest BCUT2D eigenvalue weighted by molar-refractivity contribution is 5.56. The fraction of sp³-hybridized carbons (Fsp3) is 0.889. The molecule has 0 aromatic heterocycles. The summed E-state index contributed by atoms with van der Waals surface area (Å²) in [5.41, 5.74) is 0. The number of rotatable bonds is 2. The Morgan fingerprint density at radius 2 is 2.21 bits per heavy atom. The van der Waals surface area contributed by atoms with Crippen molar-refractivity contribution < 1.29 is 24.1 Å². The quantitative estimate of drug-likeness (QED) is 0.685. The first kappa shape index (κ1) is 9.73. The molecular formula is C9H14O5. The van der Waals surface area contributed by atoms with Crippen molar-refractivity contribution in [3.8, 4) is 0 Å². The van der Waals surface area contributed by atoms with Crippen LogP contribution in [-0.4, -0.2) is 36.4 Å². The minimum Gasteiger partial charge on any atom is -0.450 e. The second-order valence-electron chi connectivity index (χ2n) is 3.75. The van der Waals surface area contributed by atoms with Gasteiger partial charge in [0.2, 0.25) is 0 Å². The molecule has 0 bridgehead atoms. The molecule has 1 atom stereocenters. The van der Waals surface area contributed by atoms with Crippen LogP contribution in [0.2, 0.25) is 0 Å². The molecule has 1 aliphatic heterocycles. The summed E-state index contributed by atoms with van der Waals surface area (Å²) in [6, 6.07) is 0. The summed E-state index contributed by atoms with van der Waals surface area (Å²) in [4.78, 5) is 10.2. The van der Waals surface area contributed by atoms with Crippen LogP contribution in [0.3, 0.4) is 0 Å². The van der Waals surface area contributed by atoms with Gasteiger partial charge < -0.3 is 19.3 Å². The van der Waals surface area contributed by atoms with E-state index in [0.717, 1.165) is 25.7 Å². The lowest BCUT2D eigenvalue weighted by Crippen LogP contribution is -2.28. The van der Waals surface area contributed by atoms with Crippen molar-refractivity contribution in [3.05, 3.63) is 0 Å². The van der Waals surface area contributed by atoms with E-state index in [1.165, 1.54) is 0 Å². The van der Waals surface area contributed by atoms with Crippen LogP contribution in [0, 0.1) is 0 Å². The lowest BCUT2D eigenvalue weighted by atomic mass is 10.2. The Balaban J connectivity index is 1.79. The Bertz CT molecular complexity index is 221. The van der Waals surface area contributed by atoms with Crippen molar-refractivity contribution in [2.45, 2.75) is 37.6 Å². The first-order valence-corrected chi connectivity index (χ1v) is 4.88. The molecule has 1 aliphatic carbocycles. The second-order valence-corrected chi connectivity index (χ2v) is 3.75. The molecule has 5 heteroatoms. The number of ether oxygens (including phenoxy) is 3.